The van der Waals surface area contributed by atoms with Crippen LogP contribution in [0.15, 0.2) is 83.2 Å². The highest BCUT2D eigenvalue weighted by atomic mass is 32.2. The fourth-order valence-electron chi connectivity index (χ4n) is 3.05. The molecule has 1 aromatic heterocycles. The quantitative estimate of drug-likeness (QED) is 0.310. The summed E-state index contributed by atoms with van der Waals surface area (Å²) in [6.07, 6.45) is 0. The highest BCUT2D eigenvalue weighted by molar-refractivity contribution is 8.02. The first-order valence-corrected chi connectivity index (χ1v) is 11.6. The summed E-state index contributed by atoms with van der Waals surface area (Å²) in [4.78, 5) is 13.2. The van der Waals surface area contributed by atoms with Crippen LogP contribution in [-0.2, 0) is 4.79 Å². The smallest absolute Gasteiger partial charge is 0.242 e. The number of amides is 1. The molecule has 1 amide bonds. The van der Waals surface area contributed by atoms with Crippen LogP contribution in [0.25, 0.3) is 0 Å². The number of carbonyl (C=O) groups excluding carboxylic acids is 1. The maximum atomic E-state index is 13.2. The lowest BCUT2D eigenvalue weighted by Gasteiger charge is -2.16. The fraction of sp³-hybridized carbons (Fsp3) is 0.125. The molecule has 1 atom stereocenters. The summed E-state index contributed by atoms with van der Waals surface area (Å²) in [7, 11) is 1.60. The van der Waals surface area contributed by atoms with E-state index in [-0.39, 0.29) is 5.91 Å². The van der Waals surface area contributed by atoms with Gasteiger partial charge in [0.25, 0.3) is 0 Å². The third-order valence-electron chi connectivity index (χ3n) is 4.69. The molecule has 6 nitrogen and oxygen atoms in total. The Bertz CT molecular complexity index is 1200. The third kappa shape index (κ3) is 5.46. The summed E-state index contributed by atoms with van der Waals surface area (Å²) in [5, 5.41) is 15.0. The first-order valence-electron chi connectivity index (χ1n) is 9.95. The zero-order valence-electron chi connectivity index (χ0n) is 17.6. The zero-order chi connectivity index (χ0) is 22.3. The van der Waals surface area contributed by atoms with E-state index in [4.69, 9.17) is 4.74 Å². The molecule has 0 radical (unpaired) electrons. The van der Waals surface area contributed by atoms with Crippen molar-refractivity contribution >= 4 is 45.5 Å². The summed E-state index contributed by atoms with van der Waals surface area (Å²) in [5.41, 5.74) is 3.67. The van der Waals surface area contributed by atoms with Crippen LogP contribution in [0.2, 0.25) is 0 Å². The van der Waals surface area contributed by atoms with Crippen LogP contribution in [-0.4, -0.2) is 23.2 Å². The van der Waals surface area contributed by atoms with Gasteiger partial charge in [-0.15, -0.1) is 10.2 Å². The van der Waals surface area contributed by atoms with Crippen molar-refractivity contribution in [2.24, 2.45) is 0 Å². The largest absolute Gasteiger partial charge is 0.497 e. The van der Waals surface area contributed by atoms with Crippen LogP contribution in [0.1, 0.15) is 16.4 Å². The Labute approximate surface area is 195 Å². The van der Waals surface area contributed by atoms with Crippen molar-refractivity contribution in [3.05, 3.63) is 90.0 Å². The minimum atomic E-state index is -0.485. The predicted octanol–water partition coefficient (Wildman–Crippen LogP) is 6.07. The first-order chi connectivity index (χ1) is 15.6. The molecule has 0 unspecified atom stereocenters. The number of aryl methyl sites for hydroxylation is 1. The minimum Gasteiger partial charge on any atom is -0.497 e. The van der Waals surface area contributed by atoms with E-state index < -0.39 is 5.25 Å². The molecular formula is C24H22N4O2S2. The van der Waals surface area contributed by atoms with Crippen LogP contribution in [0, 0.1) is 6.92 Å². The second-order valence-corrected chi connectivity index (χ2v) is 9.27. The van der Waals surface area contributed by atoms with Gasteiger partial charge < -0.3 is 15.4 Å². The second-order valence-electron chi connectivity index (χ2n) is 6.94. The number of thioether (sulfide) groups is 1. The van der Waals surface area contributed by atoms with Gasteiger partial charge in [0.15, 0.2) is 4.34 Å². The highest BCUT2D eigenvalue weighted by Gasteiger charge is 2.24. The normalized spacial score (nSPS) is 11.6. The Morgan fingerprint density at radius 3 is 2.56 bits per heavy atom. The van der Waals surface area contributed by atoms with Gasteiger partial charge in [0.2, 0.25) is 11.0 Å². The van der Waals surface area contributed by atoms with Crippen molar-refractivity contribution in [2.75, 3.05) is 17.7 Å². The van der Waals surface area contributed by atoms with Gasteiger partial charge in [-0.3, -0.25) is 4.79 Å². The molecular weight excluding hydrogens is 440 g/mol. The molecule has 0 aliphatic carbocycles. The monoisotopic (exact) mass is 462 g/mol. The summed E-state index contributed by atoms with van der Waals surface area (Å²) >= 11 is 2.80. The number of anilines is 3. The number of hydrogen-bond donors (Lipinski definition) is 2. The van der Waals surface area contributed by atoms with Crippen LogP contribution >= 0.6 is 23.1 Å². The van der Waals surface area contributed by atoms with Crippen LogP contribution in [0.3, 0.4) is 0 Å². The summed E-state index contributed by atoms with van der Waals surface area (Å²) in [6.45, 7) is 2.04. The number of para-hydroxylation sites is 1. The summed E-state index contributed by atoms with van der Waals surface area (Å²) in [5.74, 6) is 0.542. The molecule has 0 saturated carbocycles. The van der Waals surface area contributed by atoms with Crippen LogP contribution in [0.4, 0.5) is 16.5 Å². The molecule has 2 N–H and O–H groups in total. The summed E-state index contributed by atoms with van der Waals surface area (Å²) < 4.78 is 5.96. The Hall–Kier alpha value is -3.36. The molecule has 3 aromatic carbocycles. The number of carbonyl (C=O) groups is 1. The summed E-state index contributed by atoms with van der Waals surface area (Å²) in [6, 6.07) is 25.0. The average Bonchev–Trinajstić information content (AvgIpc) is 3.26. The molecule has 0 spiro atoms. The molecule has 0 saturated heterocycles. The second kappa shape index (κ2) is 10.3. The van der Waals surface area contributed by atoms with Crippen molar-refractivity contribution in [3.63, 3.8) is 0 Å². The van der Waals surface area contributed by atoms with E-state index in [1.165, 1.54) is 23.1 Å². The molecule has 4 aromatic rings. The number of nitrogens with zero attached hydrogens (tertiary/aromatic N) is 2. The molecule has 1 heterocycles. The molecule has 0 aliphatic heterocycles. The molecule has 4 rings (SSSR count). The van der Waals surface area contributed by atoms with Gasteiger partial charge in [-0.1, -0.05) is 77.7 Å². The van der Waals surface area contributed by atoms with Gasteiger partial charge in [-0.2, -0.15) is 0 Å². The average molecular weight is 463 g/mol. The lowest BCUT2D eigenvalue weighted by atomic mass is 10.1. The van der Waals surface area contributed by atoms with E-state index in [9.17, 15) is 4.79 Å². The van der Waals surface area contributed by atoms with E-state index in [1.807, 2.05) is 79.7 Å². The number of nitrogens with one attached hydrogen (secondary N) is 2. The maximum absolute atomic E-state index is 13.2. The highest BCUT2D eigenvalue weighted by Crippen LogP contribution is 2.39. The molecule has 8 heteroatoms. The van der Waals surface area contributed by atoms with Crippen molar-refractivity contribution in [1.82, 2.24) is 10.2 Å². The van der Waals surface area contributed by atoms with Gasteiger partial charge in [0.1, 0.15) is 11.0 Å². The van der Waals surface area contributed by atoms with Gasteiger partial charge >= 0.3 is 0 Å². The van der Waals surface area contributed by atoms with Crippen LogP contribution < -0.4 is 15.4 Å². The lowest BCUT2D eigenvalue weighted by Crippen LogP contribution is -2.19. The molecule has 32 heavy (non-hydrogen) atoms. The van der Waals surface area contributed by atoms with Crippen molar-refractivity contribution in [1.29, 1.82) is 0 Å². The van der Waals surface area contributed by atoms with Gasteiger partial charge in [0.05, 0.1) is 7.11 Å². The lowest BCUT2D eigenvalue weighted by molar-refractivity contribution is -0.115. The third-order valence-corrected chi connectivity index (χ3v) is 6.87. The van der Waals surface area contributed by atoms with Gasteiger partial charge in [-0.25, -0.2) is 0 Å². The predicted molar refractivity (Wildman–Crippen MR) is 131 cm³/mol. The SMILES string of the molecule is COc1cccc(NC(=O)[C@H](Sc2nnc(Nc3ccccc3C)s2)c2ccccc2)c1. The molecule has 0 bridgehead atoms. The van der Waals surface area contributed by atoms with E-state index in [2.05, 4.69) is 20.8 Å². The maximum Gasteiger partial charge on any atom is 0.242 e. The van der Waals surface area contributed by atoms with Crippen molar-refractivity contribution in [2.45, 2.75) is 16.5 Å². The first kappa shape index (κ1) is 21.9. The van der Waals surface area contributed by atoms with Crippen LogP contribution in [0.5, 0.6) is 5.75 Å². The van der Waals surface area contributed by atoms with E-state index in [1.54, 1.807) is 13.2 Å². The number of methoxy groups -OCH3 is 1. The molecule has 0 fully saturated rings. The Balaban J connectivity index is 1.53. The number of hydrogen-bond acceptors (Lipinski definition) is 7. The Morgan fingerprint density at radius 2 is 1.78 bits per heavy atom. The number of ether oxygens (including phenoxy) is 1. The van der Waals surface area contributed by atoms with Crippen molar-refractivity contribution in [3.8, 4) is 5.75 Å². The van der Waals surface area contributed by atoms with Gasteiger partial charge in [-0.05, 0) is 36.2 Å². The number of rotatable bonds is 8. The van der Waals surface area contributed by atoms with Gasteiger partial charge in [0, 0.05) is 17.4 Å². The van der Waals surface area contributed by atoms with E-state index >= 15 is 0 Å². The van der Waals surface area contributed by atoms with E-state index in [0.717, 1.165) is 16.8 Å². The number of benzene rings is 3. The number of aromatic nitrogens is 2. The standard InChI is InChI=1S/C24H22N4O2S2/c1-16-9-6-7-14-20(16)26-23-27-28-24(32-23)31-21(17-10-4-3-5-11-17)22(29)25-18-12-8-13-19(15-18)30-2/h3-15,21H,1-2H3,(H,25,29)(H,26,27)/t21-/m1/s1. The Morgan fingerprint density at radius 1 is 1.00 bits per heavy atom. The topological polar surface area (TPSA) is 76.1 Å². The zero-order valence-corrected chi connectivity index (χ0v) is 19.2. The molecule has 162 valence electrons. The van der Waals surface area contributed by atoms with Crippen molar-refractivity contribution < 1.29 is 9.53 Å². The minimum absolute atomic E-state index is 0.141. The fourth-order valence-corrected chi connectivity index (χ4v) is 5.00. The Kier molecular flexibility index (Phi) is 7.03. The molecule has 0 aliphatic rings. The van der Waals surface area contributed by atoms with E-state index in [0.29, 0.717) is 20.9 Å².